The second-order valence-electron chi connectivity index (χ2n) is 5.66. The van der Waals surface area contributed by atoms with Gasteiger partial charge in [0.15, 0.2) is 5.16 Å². The van der Waals surface area contributed by atoms with Crippen LogP contribution in [0.15, 0.2) is 27.8 Å². The van der Waals surface area contributed by atoms with Crippen LogP contribution >= 0.6 is 27.7 Å². The molecule has 2 aromatic rings. The first-order chi connectivity index (χ1) is 11.1. The fourth-order valence-corrected chi connectivity index (χ4v) is 3.72. The van der Waals surface area contributed by atoms with Crippen LogP contribution in [0.25, 0.3) is 0 Å². The highest BCUT2D eigenvalue weighted by molar-refractivity contribution is 9.10. The summed E-state index contributed by atoms with van der Waals surface area (Å²) in [5.74, 6) is 1.94. The molecule has 1 aliphatic carbocycles. The SMILES string of the molecule is CCn1c(SCC(=O)Nc2ccc(Br)cc2C)nnc1C1CC1. The van der Waals surface area contributed by atoms with Gasteiger partial charge in [0, 0.05) is 22.6 Å². The number of aromatic nitrogens is 3. The second-order valence-corrected chi connectivity index (χ2v) is 7.51. The first kappa shape index (κ1) is 16.5. The van der Waals surface area contributed by atoms with Gasteiger partial charge in [0.2, 0.25) is 5.91 Å². The van der Waals surface area contributed by atoms with E-state index in [2.05, 4.69) is 42.9 Å². The van der Waals surface area contributed by atoms with Gasteiger partial charge in [-0.3, -0.25) is 4.79 Å². The molecule has 1 amide bonds. The number of nitrogens with one attached hydrogen (secondary N) is 1. The van der Waals surface area contributed by atoms with Crippen molar-refractivity contribution < 1.29 is 4.79 Å². The van der Waals surface area contributed by atoms with Gasteiger partial charge in [-0.1, -0.05) is 27.7 Å². The van der Waals surface area contributed by atoms with E-state index in [-0.39, 0.29) is 5.91 Å². The third kappa shape index (κ3) is 3.95. The number of aryl methyl sites for hydroxylation is 1. The summed E-state index contributed by atoms with van der Waals surface area (Å²) in [7, 11) is 0. The number of hydrogen-bond acceptors (Lipinski definition) is 4. The van der Waals surface area contributed by atoms with Crippen LogP contribution < -0.4 is 5.32 Å². The van der Waals surface area contributed by atoms with Gasteiger partial charge in [-0.15, -0.1) is 10.2 Å². The smallest absolute Gasteiger partial charge is 0.234 e. The molecule has 1 heterocycles. The van der Waals surface area contributed by atoms with E-state index in [4.69, 9.17) is 0 Å². The molecule has 0 radical (unpaired) electrons. The Labute approximate surface area is 148 Å². The number of benzene rings is 1. The molecule has 0 unspecified atom stereocenters. The number of nitrogens with zero attached hydrogens (tertiary/aromatic N) is 3. The molecule has 1 aliphatic rings. The Balaban J connectivity index is 1.60. The van der Waals surface area contributed by atoms with E-state index in [0.717, 1.165) is 33.2 Å². The van der Waals surface area contributed by atoms with E-state index in [9.17, 15) is 4.79 Å². The molecule has 3 rings (SSSR count). The molecule has 0 spiro atoms. The minimum atomic E-state index is -0.0287. The van der Waals surface area contributed by atoms with Crippen molar-refractivity contribution in [2.75, 3.05) is 11.1 Å². The van der Waals surface area contributed by atoms with Crippen molar-refractivity contribution >= 4 is 39.3 Å². The van der Waals surface area contributed by atoms with Crippen molar-refractivity contribution in [3.8, 4) is 0 Å². The summed E-state index contributed by atoms with van der Waals surface area (Å²) in [5, 5.41) is 12.3. The summed E-state index contributed by atoms with van der Waals surface area (Å²) in [5.41, 5.74) is 1.87. The lowest BCUT2D eigenvalue weighted by atomic mass is 10.2. The molecule has 0 aliphatic heterocycles. The topological polar surface area (TPSA) is 59.8 Å². The number of halogens is 1. The Hall–Kier alpha value is -1.34. The van der Waals surface area contributed by atoms with E-state index < -0.39 is 0 Å². The first-order valence-corrected chi connectivity index (χ1v) is 9.48. The Kier molecular flexibility index (Phi) is 5.06. The number of hydrogen-bond donors (Lipinski definition) is 1. The monoisotopic (exact) mass is 394 g/mol. The maximum Gasteiger partial charge on any atom is 0.234 e. The van der Waals surface area contributed by atoms with Crippen molar-refractivity contribution in [2.24, 2.45) is 0 Å². The highest BCUT2D eigenvalue weighted by Gasteiger charge is 2.30. The fraction of sp³-hybridized carbons (Fsp3) is 0.438. The molecule has 122 valence electrons. The molecule has 0 bridgehead atoms. The number of thioether (sulfide) groups is 1. The number of amides is 1. The summed E-state index contributed by atoms with van der Waals surface area (Å²) in [6, 6.07) is 5.81. The van der Waals surface area contributed by atoms with Crippen molar-refractivity contribution in [1.29, 1.82) is 0 Å². The van der Waals surface area contributed by atoms with Crippen LogP contribution in [-0.4, -0.2) is 26.4 Å². The number of carbonyl (C=O) groups excluding carboxylic acids is 1. The van der Waals surface area contributed by atoms with Crippen LogP contribution in [0.1, 0.15) is 37.1 Å². The summed E-state index contributed by atoms with van der Waals surface area (Å²) in [6.45, 7) is 4.91. The Morgan fingerprint density at radius 3 is 2.87 bits per heavy atom. The number of anilines is 1. The van der Waals surface area contributed by atoms with Crippen LogP contribution in [0.5, 0.6) is 0 Å². The third-order valence-corrected chi connectivity index (χ3v) is 5.26. The average Bonchev–Trinajstić information content (AvgIpc) is 3.28. The summed E-state index contributed by atoms with van der Waals surface area (Å²) < 4.78 is 3.13. The van der Waals surface area contributed by atoms with Crippen molar-refractivity contribution in [2.45, 2.75) is 44.3 Å². The first-order valence-electron chi connectivity index (χ1n) is 7.70. The zero-order valence-corrected chi connectivity index (χ0v) is 15.6. The average molecular weight is 395 g/mol. The standard InChI is InChI=1S/C16H19BrN4OS/c1-3-21-15(11-4-5-11)19-20-16(21)23-9-14(22)18-13-7-6-12(17)8-10(13)2/h6-8,11H,3-5,9H2,1-2H3,(H,18,22). The number of rotatable bonds is 6. The van der Waals surface area contributed by atoms with E-state index in [1.165, 1.54) is 24.6 Å². The van der Waals surface area contributed by atoms with Crippen LogP contribution in [0.3, 0.4) is 0 Å². The molecule has 23 heavy (non-hydrogen) atoms. The quantitative estimate of drug-likeness (QED) is 0.752. The van der Waals surface area contributed by atoms with E-state index >= 15 is 0 Å². The Bertz CT molecular complexity index is 727. The molecule has 5 nitrogen and oxygen atoms in total. The summed E-state index contributed by atoms with van der Waals surface area (Å²) in [4.78, 5) is 12.2. The van der Waals surface area contributed by atoms with Crippen LogP contribution in [0.2, 0.25) is 0 Å². The van der Waals surface area contributed by atoms with Crippen LogP contribution in [0.4, 0.5) is 5.69 Å². The molecular formula is C16H19BrN4OS. The molecule has 1 aromatic heterocycles. The predicted molar refractivity (Wildman–Crippen MR) is 95.9 cm³/mol. The van der Waals surface area contributed by atoms with E-state index in [1.807, 2.05) is 25.1 Å². The lowest BCUT2D eigenvalue weighted by molar-refractivity contribution is -0.113. The minimum Gasteiger partial charge on any atom is -0.325 e. The zero-order valence-electron chi connectivity index (χ0n) is 13.2. The fourth-order valence-electron chi connectivity index (χ4n) is 2.43. The van der Waals surface area contributed by atoms with Gasteiger partial charge in [0.05, 0.1) is 5.75 Å². The second kappa shape index (κ2) is 7.05. The van der Waals surface area contributed by atoms with Gasteiger partial charge in [-0.25, -0.2) is 0 Å². The molecule has 0 atom stereocenters. The van der Waals surface area contributed by atoms with Gasteiger partial charge in [-0.05, 0) is 50.5 Å². The molecule has 1 fully saturated rings. The maximum atomic E-state index is 12.2. The van der Waals surface area contributed by atoms with Crippen LogP contribution in [-0.2, 0) is 11.3 Å². The minimum absolute atomic E-state index is 0.0287. The lowest BCUT2D eigenvalue weighted by Gasteiger charge is -2.09. The molecule has 1 aromatic carbocycles. The van der Waals surface area contributed by atoms with E-state index in [1.54, 1.807) is 0 Å². The summed E-state index contributed by atoms with van der Waals surface area (Å²) >= 11 is 4.87. The third-order valence-electron chi connectivity index (χ3n) is 3.80. The normalized spacial score (nSPS) is 14.0. The highest BCUT2D eigenvalue weighted by Crippen LogP contribution is 2.39. The largest absolute Gasteiger partial charge is 0.325 e. The molecule has 0 saturated heterocycles. The maximum absolute atomic E-state index is 12.2. The molecule has 1 saturated carbocycles. The van der Waals surface area contributed by atoms with Crippen molar-refractivity contribution in [3.63, 3.8) is 0 Å². The Morgan fingerprint density at radius 2 is 2.22 bits per heavy atom. The molecule has 7 heteroatoms. The van der Waals surface area contributed by atoms with Crippen LogP contribution in [0, 0.1) is 6.92 Å². The van der Waals surface area contributed by atoms with Gasteiger partial charge >= 0.3 is 0 Å². The van der Waals surface area contributed by atoms with Gasteiger partial charge in [0.25, 0.3) is 0 Å². The Morgan fingerprint density at radius 1 is 1.43 bits per heavy atom. The number of carbonyl (C=O) groups is 1. The molecular weight excluding hydrogens is 376 g/mol. The molecule has 1 N–H and O–H groups in total. The van der Waals surface area contributed by atoms with Crippen molar-refractivity contribution in [1.82, 2.24) is 14.8 Å². The lowest BCUT2D eigenvalue weighted by Crippen LogP contribution is -2.15. The van der Waals surface area contributed by atoms with Gasteiger partial charge in [0.1, 0.15) is 5.82 Å². The van der Waals surface area contributed by atoms with Gasteiger partial charge < -0.3 is 9.88 Å². The summed E-state index contributed by atoms with van der Waals surface area (Å²) in [6.07, 6.45) is 2.40. The predicted octanol–water partition coefficient (Wildman–Crippen LogP) is 3.98. The van der Waals surface area contributed by atoms with Gasteiger partial charge in [-0.2, -0.15) is 0 Å². The van der Waals surface area contributed by atoms with Crippen molar-refractivity contribution in [3.05, 3.63) is 34.1 Å². The zero-order chi connectivity index (χ0) is 16.4. The highest BCUT2D eigenvalue weighted by atomic mass is 79.9. The van der Waals surface area contributed by atoms with E-state index in [0.29, 0.717) is 11.7 Å².